The Morgan fingerprint density at radius 2 is 0.724 bits per heavy atom. The second-order valence-corrected chi connectivity index (χ2v) is 8.10. The van der Waals surface area contributed by atoms with E-state index in [-0.39, 0.29) is 18.5 Å². The van der Waals surface area contributed by atoms with E-state index < -0.39 is 7.82 Å². The van der Waals surface area contributed by atoms with Crippen LogP contribution in [-0.2, 0) is 9.30 Å². The van der Waals surface area contributed by atoms with Crippen molar-refractivity contribution in [1.29, 1.82) is 0 Å². The zero-order valence-electron chi connectivity index (χ0n) is 19.5. The van der Waals surface area contributed by atoms with Crippen LogP contribution in [0.5, 0.6) is 0 Å². The molecular formula is C20H54N3O5P. The summed E-state index contributed by atoms with van der Waals surface area (Å²) in [7, 11) is -4.64. The summed E-state index contributed by atoms with van der Waals surface area (Å²) >= 11 is 0. The van der Waals surface area contributed by atoms with Gasteiger partial charge in [0.05, 0.1) is 0 Å². The highest BCUT2D eigenvalue weighted by Gasteiger charge is 2.00. The molecule has 0 fully saturated rings. The van der Waals surface area contributed by atoms with Gasteiger partial charge < -0.3 is 37.9 Å². The van der Waals surface area contributed by atoms with Crippen LogP contribution < -0.4 is 18.5 Å². The summed E-state index contributed by atoms with van der Waals surface area (Å²) in [5, 5.41) is 0. The number of hydrogen-bond acceptors (Lipinski definition) is 5. The highest BCUT2D eigenvalue weighted by Crippen LogP contribution is 2.25. The summed E-state index contributed by atoms with van der Waals surface area (Å²) in [6, 6.07) is 0. The lowest BCUT2D eigenvalue weighted by Crippen LogP contribution is -1.97. The monoisotopic (exact) mass is 447 g/mol. The van der Waals surface area contributed by atoms with Gasteiger partial charge in [-0.1, -0.05) is 104 Å². The molecule has 0 aliphatic carbocycles. The van der Waals surface area contributed by atoms with Crippen molar-refractivity contribution in [3.63, 3.8) is 0 Å². The number of ether oxygens (including phenoxy) is 1. The van der Waals surface area contributed by atoms with E-state index in [1.165, 1.54) is 103 Å². The Hall–Kier alpha value is -0.0500. The molecule has 29 heavy (non-hydrogen) atoms. The van der Waals surface area contributed by atoms with E-state index in [2.05, 4.69) is 13.8 Å². The van der Waals surface area contributed by atoms with Gasteiger partial charge in [0.2, 0.25) is 0 Å². The molecule has 0 saturated heterocycles. The third-order valence-electron chi connectivity index (χ3n) is 4.28. The molecule has 0 saturated carbocycles. The summed E-state index contributed by atoms with van der Waals surface area (Å²) in [5.74, 6) is 0. The van der Waals surface area contributed by atoms with E-state index in [1.54, 1.807) is 0 Å². The number of rotatable bonds is 18. The lowest BCUT2D eigenvalue weighted by Gasteiger charge is -2.05. The molecule has 0 heterocycles. The van der Waals surface area contributed by atoms with Crippen LogP contribution in [0.25, 0.3) is 0 Å². The van der Waals surface area contributed by atoms with Crippen molar-refractivity contribution in [3.8, 4) is 0 Å². The van der Waals surface area contributed by atoms with Crippen LogP contribution in [0.4, 0.5) is 0 Å². The Morgan fingerprint density at radius 3 is 0.966 bits per heavy atom. The van der Waals surface area contributed by atoms with Crippen molar-refractivity contribution < 1.29 is 24.0 Å². The van der Waals surface area contributed by atoms with Crippen LogP contribution in [-0.4, -0.2) is 27.9 Å². The van der Waals surface area contributed by atoms with Gasteiger partial charge in [-0.2, -0.15) is 0 Å². The fourth-order valence-electron chi connectivity index (χ4n) is 2.78. The molecule has 9 heteroatoms. The molecule has 0 rings (SSSR count). The Labute approximate surface area is 180 Å². The molecule has 0 radical (unpaired) electrons. The van der Waals surface area contributed by atoms with Gasteiger partial charge in [0, 0.05) is 13.2 Å². The highest BCUT2D eigenvalue weighted by atomic mass is 31.2. The minimum absolute atomic E-state index is 0. The lowest BCUT2D eigenvalue weighted by molar-refractivity contribution is 0.125. The minimum atomic E-state index is -4.64. The predicted octanol–water partition coefficient (Wildman–Crippen LogP) is 6.84. The Kier molecular flexibility index (Phi) is 44.3. The predicted molar refractivity (Wildman–Crippen MR) is 125 cm³/mol. The maximum atomic E-state index is 8.88. The van der Waals surface area contributed by atoms with Gasteiger partial charge in [0.25, 0.3) is 0 Å². The van der Waals surface area contributed by atoms with Crippen molar-refractivity contribution >= 4 is 7.82 Å². The summed E-state index contributed by atoms with van der Waals surface area (Å²) in [6.45, 7) is 6.55. The molecule has 0 aliphatic rings. The topological polar surface area (TPSA) is 192 Å². The fraction of sp³-hybridized carbons (Fsp3) is 1.00. The minimum Gasteiger partial charge on any atom is -0.381 e. The van der Waals surface area contributed by atoms with E-state index in [4.69, 9.17) is 24.0 Å². The zero-order chi connectivity index (χ0) is 19.9. The molecule has 0 unspecified atom stereocenters. The lowest BCUT2D eigenvalue weighted by atomic mass is 10.1. The van der Waals surface area contributed by atoms with Crippen molar-refractivity contribution in [2.24, 2.45) is 0 Å². The summed E-state index contributed by atoms with van der Waals surface area (Å²) in [6.07, 6.45) is 22.2. The van der Waals surface area contributed by atoms with Crippen molar-refractivity contribution in [1.82, 2.24) is 18.5 Å². The molecule has 0 atom stereocenters. The molecule has 8 nitrogen and oxygen atoms in total. The van der Waals surface area contributed by atoms with E-state index in [0.29, 0.717) is 0 Å². The molecular weight excluding hydrogens is 393 g/mol. The standard InChI is InChI=1S/C20H42O.3H3N.H3O4P/c1-3-5-7-9-11-13-15-17-19-21-20-18-16-14-12-10-8-6-4-2;;;;1-5(2,3)4/h3-20H2,1-2H3;3*1H3;(H3,1,2,3,4). The van der Waals surface area contributed by atoms with Crippen LogP contribution in [0, 0.1) is 0 Å². The smallest absolute Gasteiger partial charge is 0.381 e. The number of phosphoric acid groups is 1. The summed E-state index contributed by atoms with van der Waals surface area (Å²) in [5.41, 5.74) is 0. The quantitative estimate of drug-likeness (QED) is 0.0969. The molecule has 0 aromatic rings. The van der Waals surface area contributed by atoms with Crippen molar-refractivity contribution in [2.45, 2.75) is 117 Å². The van der Waals surface area contributed by atoms with E-state index >= 15 is 0 Å². The summed E-state index contributed by atoms with van der Waals surface area (Å²) in [4.78, 5) is 21.6. The van der Waals surface area contributed by atoms with E-state index in [9.17, 15) is 0 Å². The Morgan fingerprint density at radius 1 is 0.517 bits per heavy atom. The van der Waals surface area contributed by atoms with E-state index in [0.717, 1.165) is 13.2 Å². The van der Waals surface area contributed by atoms with Crippen LogP contribution >= 0.6 is 7.82 Å². The van der Waals surface area contributed by atoms with Gasteiger partial charge in [-0.05, 0) is 12.8 Å². The number of hydrogen-bond donors (Lipinski definition) is 6. The second kappa shape index (κ2) is 32.6. The molecule has 0 aromatic heterocycles. The average molecular weight is 448 g/mol. The third-order valence-corrected chi connectivity index (χ3v) is 4.28. The van der Waals surface area contributed by atoms with Crippen LogP contribution in [0.3, 0.4) is 0 Å². The largest absolute Gasteiger partial charge is 0.466 e. The van der Waals surface area contributed by atoms with Crippen LogP contribution in [0.2, 0.25) is 0 Å². The van der Waals surface area contributed by atoms with Gasteiger partial charge in [0.1, 0.15) is 0 Å². The first-order valence-corrected chi connectivity index (χ1v) is 12.3. The Balaban J connectivity index is -0.000000213. The molecule has 0 amide bonds. The van der Waals surface area contributed by atoms with Gasteiger partial charge >= 0.3 is 7.82 Å². The second-order valence-electron chi connectivity index (χ2n) is 7.08. The van der Waals surface area contributed by atoms with E-state index in [1.807, 2.05) is 0 Å². The third kappa shape index (κ3) is 58.4. The molecule has 0 spiro atoms. The average Bonchev–Trinajstić information content (AvgIpc) is 2.56. The maximum Gasteiger partial charge on any atom is 0.466 e. The number of unbranched alkanes of at least 4 members (excludes halogenated alkanes) is 14. The first-order valence-electron chi connectivity index (χ1n) is 10.8. The molecule has 0 aromatic carbocycles. The van der Waals surface area contributed by atoms with Gasteiger partial charge in [-0.3, -0.25) is 0 Å². The van der Waals surface area contributed by atoms with Gasteiger partial charge in [-0.15, -0.1) is 0 Å². The van der Waals surface area contributed by atoms with Crippen molar-refractivity contribution in [3.05, 3.63) is 0 Å². The SMILES string of the molecule is CCCCCCCCCCOCCCCCCCCCC.N.N.N.O=P(O)(O)O. The first-order chi connectivity index (χ1) is 12.4. The normalized spacial score (nSPS) is 10.1. The van der Waals surface area contributed by atoms with Crippen LogP contribution in [0.15, 0.2) is 0 Å². The molecule has 0 aliphatic heterocycles. The zero-order valence-corrected chi connectivity index (χ0v) is 20.3. The highest BCUT2D eigenvalue weighted by molar-refractivity contribution is 7.45. The van der Waals surface area contributed by atoms with Gasteiger partial charge in [0.15, 0.2) is 0 Å². The van der Waals surface area contributed by atoms with Crippen molar-refractivity contribution in [2.75, 3.05) is 13.2 Å². The van der Waals surface area contributed by atoms with Crippen LogP contribution in [0.1, 0.15) is 117 Å². The first kappa shape index (κ1) is 39.4. The van der Waals surface area contributed by atoms with Gasteiger partial charge in [-0.25, -0.2) is 4.57 Å². The molecule has 12 N–H and O–H groups in total. The molecule has 0 bridgehead atoms. The fourth-order valence-corrected chi connectivity index (χ4v) is 2.78. The molecule has 184 valence electrons. The Bertz CT molecular complexity index is 282. The summed E-state index contributed by atoms with van der Waals surface area (Å²) < 4.78 is 14.6. The maximum absolute atomic E-state index is 8.88.